The van der Waals surface area contributed by atoms with Crippen LogP contribution in [0.1, 0.15) is 27.0 Å². The first-order valence-electron chi connectivity index (χ1n) is 8.44. The van der Waals surface area contributed by atoms with Crippen molar-refractivity contribution < 1.29 is 19.1 Å². The number of hydrogen-bond donors (Lipinski definition) is 2. The zero-order chi connectivity index (χ0) is 20.8. The minimum absolute atomic E-state index is 0.257. The molecule has 2 aromatic rings. The minimum Gasteiger partial charge on any atom is -0.454 e. The molecule has 148 valence electrons. The van der Waals surface area contributed by atoms with Gasteiger partial charge in [0.25, 0.3) is 11.8 Å². The van der Waals surface area contributed by atoms with Crippen LogP contribution in [0.15, 0.2) is 30.3 Å². The molecule has 2 aromatic carbocycles. The molecule has 0 aliphatic rings. The Morgan fingerprint density at radius 3 is 2.32 bits per heavy atom. The molecule has 8 heteroatoms. The van der Waals surface area contributed by atoms with Crippen molar-refractivity contribution in [1.29, 1.82) is 0 Å². The van der Waals surface area contributed by atoms with Gasteiger partial charge >= 0.3 is 5.97 Å². The zero-order valence-electron chi connectivity index (χ0n) is 15.7. The van der Waals surface area contributed by atoms with E-state index in [-0.39, 0.29) is 17.3 Å². The molecule has 2 amide bonds. The minimum atomic E-state index is -0.742. The average Bonchev–Trinajstić information content (AvgIpc) is 2.66. The third-order valence-corrected chi connectivity index (χ3v) is 4.88. The van der Waals surface area contributed by atoms with Gasteiger partial charge in [-0.1, -0.05) is 35.3 Å². The fourth-order valence-electron chi connectivity index (χ4n) is 2.28. The van der Waals surface area contributed by atoms with Gasteiger partial charge in [-0.3, -0.25) is 14.4 Å². The quantitative estimate of drug-likeness (QED) is 0.692. The number of ether oxygens (including phenoxy) is 1. The predicted octanol–water partition coefficient (Wildman–Crippen LogP) is 3.83. The van der Waals surface area contributed by atoms with E-state index in [1.807, 2.05) is 19.9 Å². The summed E-state index contributed by atoms with van der Waals surface area (Å²) in [5, 5.41) is 5.55. The first-order valence-corrected chi connectivity index (χ1v) is 9.20. The number of carbonyl (C=O) groups is 3. The number of esters is 1. The maximum atomic E-state index is 12.1. The van der Waals surface area contributed by atoms with Crippen molar-refractivity contribution in [3.8, 4) is 0 Å². The lowest BCUT2D eigenvalue weighted by Crippen LogP contribution is -2.32. The van der Waals surface area contributed by atoms with Gasteiger partial charge in [0.1, 0.15) is 6.54 Å². The maximum Gasteiger partial charge on any atom is 0.325 e. The van der Waals surface area contributed by atoms with E-state index in [1.165, 1.54) is 0 Å². The van der Waals surface area contributed by atoms with Crippen LogP contribution in [0.4, 0.5) is 5.69 Å². The first-order chi connectivity index (χ1) is 13.2. The van der Waals surface area contributed by atoms with Gasteiger partial charge in [0.05, 0.1) is 15.7 Å². The normalized spacial score (nSPS) is 10.3. The molecule has 0 aliphatic heterocycles. The number of hydrogen-bond acceptors (Lipinski definition) is 4. The topological polar surface area (TPSA) is 84.5 Å². The molecule has 0 heterocycles. The van der Waals surface area contributed by atoms with Crippen LogP contribution in [0.2, 0.25) is 10.0 Å². The van der Waals surface area contributed by atoms with Gasteiger partial charge < -0.3 is 15.4 Å². The Hall–Kier alpha value is -2.57. The third kappa shape index (κ3) is 5.71. The molecule has 28 heavy (non-hydrogen) atoms. The van der Waals surface area contributed by atoms with E-state index < -0.39 is 24.4 Å². The van der Waals surface area contributed by atoms with Gasteiger partial charge in [0, 0.05) is 5.56 Å². The monoisotopic (exact) mass is 422 g/mol. The highest BCUT2D eigenvalue weighted by atomic mass is 35.5. The van der Waals surface area contributed by atoms with E-state index in [0.717, 1.165) is 16.7 Å². The largest absolute Gasteiger partial charge is 0.454 e. The Labute approximate surface area is 173 Å². The van der Waals surface area contributed by atoms with Crippen molar-refractivity contribution in [1.82, 2.24) is 5.32 Å². The Bertz CT molecular complexity index is 929. The second-order valence-corrected chi connectivity index (χ2v) is 7.03. The number of aryl methyl sites for hydroxylation is 3. The van der Waals surface area contributed by atoms with E-state index in [0.29, 0.717) is 10.6 Å². The van der Waals surface area contributed by atoms with E-state index in [4.69, 9.17) is 27.9 Å². The number of amides is 2. The van der Waals surface area contributed by atoms with Crippen LogP contribution >= 0.6 is 23.2 Å². The first kappa shape index (κ1) is 21.7. The number of carbonyl (C=O) groups excluding carboxylic acids is 3. The summed E-state index contributed by atoms with van der Waals surface area (Å²) in [5.74, 6) is -1.74. The number of halogens is 2. The lowest BCUT2D eigenvalue weighted by Gasteiger charge is -2.11. The van der Waals surface area contributed by atoms with Gasteiger partial charge in [-0.15, -0.1) is 0 Å². The summed E-state index contributed by atoms with van der Waals surface area (Å²) in [4.78, 5) is 35.8. The summed E-state index contributed by atoms with van der Waals surface area (Å²) in [6.07, 6.45) is 0. The molecule has 0 unspecified atom stereocenters. The van der Waals surface area contributed by atoms with Crippen LogP contribution in [0, 0.1) is 20.8 Å². The SMILES string of the molecule is Cc1ccc(C(=O)NCC(=O)OCC(=O)Nc2c(Cl)ccc(C)c2Cl)cc1C. The zero-order valence-corrected chi connectivity index (χ0v) is 17.2. The second kappa shape index (κ2) is 9.57. The summed E-state index contributed by atoms with van der Waals surface area (Å²) >= 11 is 12.1. The van der Waals surface area contributed by atoms with Crippen LogP contribution in [-0.2, 0) is 14.3 Å². The lowest BCUT2D eigenvalue weighted by molar-refractivity contribution is -0.146. The van der Waals surface area contributed by atoms with Crippen LogP contribution in [-0.4, -0.2) is 30.9 Å². The van der Waals surface area contributed by atoms with Crippen molar-refractivity contribution in [2.45, 2.75) is 20.8 Å². The number of benzene rings is 2. The van der Waals surface area contributed by atoms with Crippen LogP contribution in [0.3, 0.4) is 0 Å². The van der Waals surface area contributed by atoms with Crippen LogP contribution in [0.5, 0.6) is 0 Å². The van der Waals surface area contributed by atoms with Gasteiger partial charge in [-0.2, -0.15) is 0 Å². The Kier molecular flexibility index (Phi) is 7.43. The van der Waals surface area contributed by atoms with E-state index in [2.05, 4.69) is 10.6 Å². The van der Waals surface area contributed by atoms with Crippen molar-refractivity contribution in [3.63, 3.8) is 0 Å². The summed E-state index contributed by atoms with van der Waals surface area (Å²) < 4.78 is 4.86. The fraction of sp³-hybridized carbons (Fsp3) is 0.250. The van der Waals surface area contributed by atoms with Crippen LogP contribution < -0.4 is 10.6 Å². The summed E-state index contributed by atoms with van der Waals surface area (Å²) in [5.41, 5.74) is 3.48. The molecule has 0 saturated heterocycles. The van der Waals surface area contributed by atoms with Crippen LogP contribution in [0.25, 0.3) is 0 Å². The standard InChI is InChI=1S/C20H20Cl2N2O4/c1-11-4-6-14(8-13(11)3)20(27)23-9-17(26)28-10-16(25)24-19-15(21)7-5-12(2)18(19)22/h4-8H,9-10H2,1-3H3,(H,23,27)(H,24,25). The maximum absolute atomic E-state index is 12.1. The molecule has 0 aliphatic carbocycles. The highest BCUT2D eigenvalue weighted by Crippen LogP contribution is 2.32. The third-order valence-electron chi connectivity index (χ3n) is 4.08. The van der Waals surface area contributed by atoms with Crippen molar-refractivity contribution in [2.75, 3.05) is 18.5 Å². The molecule has 0 aromatic heterocycles. The second-order valence-electron chi connectivity index (χ2n) is 6.24. The molecule has 2 N–H and O–H groups in total. The number of rotatable bonds is 6. The Morgan fingerprint density at radius 2 is 1.64 bits per heavy atom. The van der Waals surface area contributed by atoms with Gasteiger partial charge in [-0.25, -0.2) is 0 Å². The summed E-state index contributed by atoms with van der Waals surface area (Å²) in [7, 11) is 0. The van der Waals surface area contributed by atoms with Gasteiger partial charge in [0.2, 0.25) is 0 Å². The molecule has 0 spiro atoms. The molecule has 2 rings (SSSR count). The fourth-order valence-corrected chi connectivity index (χ4v) is 2.75. The highest BCUT2D eigenvalue weighted by Gasteiger charge is 2.14. The Morgan fingerprint density at radius 1 is 0.964 bits per heavy atom. The molecular formula is C20H20Cl2N2O4. The number of nitrogens with one attached hydrogen (secondary N) is 2. The summed E-state index contributed by atoms with van der Waals surface area (Å²) in [6.45, 7) is 4.72. The molecule has 0 radical (unpaired) electrons. The van der Waals surface area contributed by atoms with Gasteiger partial charge in [0.15, 0.2) is 6.61 Å². The molecule has 0 fully saturated rings. The van der Waals surface area contributed by atoms with Crippen molar-refractivity contribution >= 4 is 46.7 Å². The van der Waals surface area contributed by atoms with E-state index in [9.17, 15) is 14.4 Å². The smallest absolute Gasteiger partial charge is 0.325 e. The highest BCUT2D eigenvalue weighted by molar-refractivity contribution is 6.40. The molecule has 0 saturated carbocycles. The Balaban J connectivity index is 1.82. The van der Waals surface area contributed by atoms with Crippen molar-refractivity contribution in [3.05, 3.63) is 62.6 Å². The van der Waals surface area contributed by atoms with Gasteiger partial charge in [-0.05, 0) is 55.7 Å². The summed E-state index contributed by atoms with van der Waals surface area (Å²) in [6, 6.07) is 8.56. The molecule has 0 bridgehead atoms. The molecule has 6 nitrogen and oxygen atoms in total. The average molecular weight is 423 g/mol. The van der Waals surface area contributed by atoms with Crippen molar-refractivity contribution in [2.24, 2.45) is 0 Å². The molecule has 0 atom stereocenters. The molecular weight excluding hydrogens is 403 g/mol. The van der Waals surface area contributed by atoms with E-state index >= 15 is 0 Å². The van der Waals surface area contributed by atoms with E-state index in [1.54, 1.807) is 31.2 Å². The predicted molar refractivity (Wildman–Crippen MR) is 109 cm³/mol. The lowest BCUT2D eigenvalue weighted by atomic mass is 10.1. The number of anilines is 1.